The lowest BCUT2D eigenvalue weighted by Gasteiger charge is -2.49. The van der Waals surface area contributed by atoms with Crippen molar-refractivity contribution in [3.63, 3.8) is 0 Å². The van der Waals surface area contributed by atoms with Gasteiger partial charge in [0, 0.05) is 17.1 Å². The summed E-state index contributed by atoms with van der Waals surface area (Å²) in [5.41, 5.74) is 2.03. The summed E-state index contributed by atoms with van der Waals surface area (Å²) in [7, 11) is 0. The summed E-state index contributed by atoms with van der Waals surface area (Å²) in [5.74, 6) is -1.75. The average molecular weight is 382 g/mol. The van der Waals surface area contributed by atoms with Gasteiger partial charge in [0.2, 0.25) is 0 Å². The lowest BCUT2D eigenvalue weighted by Crippen LogP contribution is -2.50. The van der Waals surface area contributed by atoms with Gasteiger partial charge in [-0.2, -0.15) is 0 Å². The highest BCUT2D eigenvalue weighted by atomic mass is 16.4. The van der Waals surface area contributed by atoms with Gasteiger partial charge >= 0.3 is 11.9 Å². The first kappa shape index (κ1) is 19.7. The lowest BCUT2D eigenvalue weighted by molar-refractivity contribution is 0.0687. The van der Waals surface area contributed by atoms with Gasteiger partial charge in [-0.3, -0.25) is 0 Å². The zero-order valence-corrected chi connectivity index (χ0v) is 16.5. The number of hydrogen-bond acceptors (Lipinski definition) is 4. The van der Waals surface area contributed by atoms with Crippen LogP contribution in [0.15, 0.2) is 42.5 Å². The normalized spacial score (nSPS) is 20.2. The van der Waals surface area contributed by atoms with E-state index in [0.717, 1.165) is 5.56 Å². The van der Waals surface area contributed by atoms with Gasteiger partial charge in [-0.1, -0.05) is 52.0 Å². The maximum absolute atomic E-state index is 11.8. The molecule has 1 aliphatic heterocycles. The summed E-state index contributed by atoms with van der Waals surface area (Å²) in [6, 6.07) is 11.7. The first-order valence-corrected chi connectivity index (χ1v) is 9.36. The number of benzene rings is 2. The van der Waals surface area contributed by atoms with Crippen molar-refractivity contribution >= 4 is 23.3 Å². The standard InChI is InChI=1S/C22H26N2O4/c1-12(2)18-22(3,4)19(23-16-11-6-5-8-13(16)20(25)26)14-9-7-10-15(21(27)28)17(14)24-18/h5-12,18-19,23-24H,1-4H3,(H,25,26)(H,27,28)/t18-,19+/m1/s1. The Bertz CT molecular complexity index is 921. The largest absolute Gasteiger partial charge is 0.478 e. The summed E-state index contributed by atoms with van der Waals surface area (Å²) in [4.78, 5) is 23.4. The molecule has 0 radical (unpaired) electrons. The van der Waals surface area contributed by atoms with Gasteiger partial charge in [-0.25, -0.2) is 9.59 Å². The number of rotatable bonds is 5. The van der Waals surface area contributed by atoms with Gasteiger partial charge < -0.3 is 20.8 Å². The highest BCUT2D eigenvalue weighted by molar-refractivity contribution is 5.96. The van der Waals surface area contributed by atoms with Gasteiger partial charge in [-0.05, 0) is 29.7 Å². The predicted molar refractivity (Wildman–Crippen MR) is 109 cm³/mol. The zero-order chi connectivity index (χ0) is 20.6. The van der Waals surface area contributed by atoms with E-state index in [9.17, 15) is 19.8 Å². The van der Waals surface area contributed by atoms with Crippen molar-refractivity contribution < 1.29 is 19.8 Å². The van der Waals surface area contributed by atoms with Crippen molar-refractivity contribution in [1.29, 1.82) is 0 Å². The van der Waals surface area contributed by atoms with E-state index in [4.69, 9.17) is 0 Å². The number of fused-ring (bicyclic) bond motifs is 1. The van der Waals surface area contributed by atoms with Gasteiger partial charge in [0.15, 0.2) is 0 Å². The molecule has 3 rings (SSSR count). The van der Waals surface area contributed by atoms with Gasteiger partial charge in [-0.15, -0.1) is 0 Å². The fourth-order valence-electron chi connectivity index (χ4n) is 4.31. The van der Waals surface area contributed by atoms with E-state index >= 15 is 0 Å². The number of anilines is 2. The van der Waals surface area contributed by atoms with Crippen LogP contribution in [0.25, 0.3) is 0 Å². The van der Waals surface area contributed by atoms with Crippen molar-refractivity contribution in [2.75, 3.05) is 10.6 Å². The number of carboxylic acids is 2. The molecule has 6 nitrogen and oxygen atoms in total. The molecule has 4 N–H and O–H groups in total. The predicted octanol–water partition coefficient (Wildman–Crippen LogP) is 4.71. The third kappa shape index (κ3) is 3.30. The number of para-hydroxylation sites is 2. The molecule has 0 unspecified atom stereocenters. The summed E-state index contributed by atoms with van der Waals surface area (Å²) in [6.45, 7) is 8.41. The van der Waals surface area contributed by atoms with Crippen molar-refractivity contribution in [1.82, 2.24) is 0 Å². The number of hydrogen-bond donors (Lipinski definition) is 4. The Balaban J connectivity index is 2.17. The average Bonchev–Trinajstić information content (AvgIpc) is 2.62. The van der Waals surface area contributed by atoms with E-state index in [0.29, 0.717) is 11.4 Å². The van der Waals surface area contributed by atoms with E-state index in [1.165, 1.54) is 0 Å². The fraction of sp³-hybridized carbons (Fsp3) is 0.364. The Morgan fingerprint density at radius 3 is 2.21 bits per heavy atom. The molecule has 0 saturated heterocycles. The molecule has 1 heterocycles. The Morgan fingerprint density at radius 1 is 1.00 bits per heavy atom. The van der Waals surface area contributed by atoms with Crippen LogP contribution in [0, 0.1) is 11.3 Å². The molecule has 0 amide bonds. The Kier molecular flexibility index (Phi) is 5.06. The summed E-state index contributed by atoms with van der Waals surface area (Å²) in [5, 5.41) is 26.1. The Morgan fingerprint density at radius 2 is 1.61 bits per heavy atom. The summed E-state index contributed by atoms with van der Waals surface area (Å²) >= 11 is 0. The Labute approximate surface area is 164 Å². The molecule has 148 valence electrons. The maximum Gasteiger partial charge on any atom is 0.337 e. The van der Waals surface area contributed by atoms with Crippen LogP contribution in [0.1, 0.15) is 60.0 Å². The minimum Gasteiger partial charge on any atom is -0.478 e. The van der Waals surface area contributed by atoms with Crippen LogP contribution in [0.5, 0.6) is 0 Å². The molecule has 0 spiro atoms. The van der Waals surface area contributed by atoms with Crippen LogP contribution < -0.4 is 10.6 Å². The first-order chi connectivity index (χ1) is 13.1. The van der Waals surface area contributed by atoms with E-state index in [2.05, 4.69) is 38.3 Å². The first-order valence-electron chi connectivity index (χ1n) is 9.36. The van der Waals surface area contributed by atoms with E-state index in [-0.39, 0.29) is 34.5 Å². The summed E-state index contributed by atoms with van der Waals surface area (Å²) < 4.78 is 0. The molecule has 0 aromatic heterocycles. The number of carboxylic acid groups (broad SMARTS) is 2. The highest BCUT2D eigenvalue weighted by Crippen LogP contribution is 2.49. The second-order valence-electron chi connectivity index (χ2n) is 8.19. The molecule has 0 saturated carbocycles. The zero-order valence-electron chi connectivity index (χ0n) is 16.5. The smallest absolute Gasteiger partial charge is 0.337 e. The monoisotopic (exact) mass is 382 g/mol. The van der Waals surface area contributed by atoms with Crippen LogP contribution in [-0.4, -0.2) is 28.2 Å². The van der Waals surface area contributed by atoms with Crippen LogP contribution in [0.2, 0.25) is 0 Å². The summed E-state index contributed by atoms with van der Waals surface area (Å²) in [6.07, 6.45) is 0. The van der Waals surface area contributed by atoms with Crippen LogP contribution in [0.3, 0.4) is 0 Å². The van der Waals surface area contributed by atoms with Crippen LogP contribution in [0.4, 0.5) is 11.4 Å². The van der Waals surface area contributed by atoms with Crippen LogP contribution in [-0.2, 0) is 0 Å². The van der Waals surface area contributed by atoms with Crippen molar-refractivity contribution in [2.24, 2.45) is 11.3 Å². The quantitative estimate of drug-likeness (QED) is 0.598. The second-order valence-corrected chi connectivity index (χ2v) is 8.19. The topological polar surface area (TPSA) is 98.7 Å². The lowest BCUT2D eigenvalue weighted by atomic mass is 9.67. The number of aromatic carboxylic acids is 2. The third-order valence-electron chi connectivity index (χ3n) is 5.61. The molecule has 0 bridgehead atoms. The number of carbonyl (C=O) groups is 2. The SMILES string of the molecule is CC(C)[C@H]1Nc2c(C(=O)O)cccc2[C@H](Nc2ccccc2C(=O)O)C1(C)C. The van der Waals surface area contributed by atoms with Crippen molar-refractivity contribution in [3.05, 3.63) is 59.2 Å². The van der Waals surface area contributed by atoms with Gasteiger partial charge in [0.25, 0.3) is 0 Å². The molecular weight excluding hydrogens is 356 g/mol. The third-order valence-corrected chi connectivity index (χ3v) is 5.61. The van der Waals surface area contributed by atoms with E-state index < -0.39 is 11.9 Å². The minimum absolute atomic E-state index is 0.00464. The van der Waals surface area contributed by atoms with Gasteiger partial charge in [0.1, 0.15) is 0 Å². The number of nitrogens with one attached hydrogen (secondary N) is 2. The second kappa shape index (κ2) is 7.19. The fourth-order valence-corrected chi connectivity index (χ4v) is 4.31. The molecule has 28 heavy (non-hydrogen) atoms. The Hall–Kier alpha value is -3.02. The molecule has 1 aliphatic rings. The van der Waals surface area contributed by atoms with Crippen molar-refractivity contribution in [2.45, 2.75) is 39.8 Å². The molecule has 0 fully saturated rings. The molecule has 6 heteroatoms. The van der Waals surface area contributed by atoms with E-state index in [1.54, 1.807) is 36.4 Å². The molecule has 2 aromatic carbocycles. The molecule has 2 aromatic rings. The minimum atomic E-state index is -1.00. The molecular formula is C22H26N2O4. The van der Waals surface area contributed by atoms with Crippen LogP contribution >= 0.6 is 0 Å². The molecule has 0 aliphatic carbocycles. The van der Waals surface area contributed by atoms with Crippen molar-refractivity contribution in [3.8, 4) is 0 Å². The highest BCUT2D eigenvalue weighted by Gasteiger charge is 2.45. The van der Waals surface area contributed by atoms with E-state index in [1.807, 2.05) is 6.07 Å². The van der Waals surface area contributed by atoms with Gasteiger partial charge in [0.05, 0.1) is 22.9 Å². The maximum atomic E-state index is 11.8. The molecule has 2 atom stereocenters.